The molecule has 2 heterocycles. The number of aryl methyl sites for hydroxylation is 2. The highest BCUT2D eigenvalue weighted by Gasteiger charge is 2.17. The van der Waals surface area contributed by atoms with Crippen molar-refractivity contribution in [2.24, 2.45) is 0 Å². The number of carbonyl (C=O) groups excluding carboxylic acids is 2. The summed E-state index contributed by atoms with van der Waals surface area (Å²) >= 11 is 7.69. The molecule has 0 saturated carbocycles. The van der Waals surface area contributed by atoms with Crippen molar-refractivity contribution < 1.29 is 18.8 Å². The van der Waals surface area contributed by atoms with Crippen molar-refractivity contribution in [2.75, 3.05) is 25.6 Å². The molecule has 0 aliphatic rings. The minimum atomic E-state index is -0.326. The lowest BCUT2D eigenvalue weighted by Gasteiger charge is -2.11. The molecule has 0 fully saturated rings. The molecular formula is C22H23ClN4O4S. The number of hydrogen-bond donors (Lipinski definition) is 2. The lowest BCUT2D eigenvalue weighted by molar-refractivity contribution is 0.0936. The SMILES string of the molecule is COCCNC(=O)c1ccc(NC(=O)c2cccnc2SCc2c(C)noc2C)cc1Cl. The summed E-state index contributed by atoms with van der Waals surface area (Å²) in [6.45, 7) is 4.51. The Balaban J connectivity index is 1.69. The van der Waals surface area contributed by atoms with Crippen LogP contribution < -0.4 is 10.6 Å². The van der Waals surface area contributed by atoms with Gasteiger partial charge in [-0.3, -0.25) is 9.59 Å². The van der Waals surface area contributed by atoms with Gasteiger partial charge >= 0.3 is 0 Å². The number of aromatic nitrogens is 2. The zero-order chi connectivity index (χ0) is 23.1. The summed E-state index contributed by atoms with van der Waals surface area (Å²) < 4.78 is 10.1. The molecule has 0 radical (unpaired) electrons. The van der Waals surface area contributed by atoms with Crippen LogP contribution in [-0.2, 0) is 10.5 Å². The molecule has 2 aromatic heterocycles. The Morgan fingerprint density at radius 3 is 2.69 bits per heavy atom. The number of benzene rings is 1. The molecule has 32 heavy (non-hydrogen) atoms. The highest BCUT2D eigenvalue weighted by Crippen LogP contribution is 2.28. The predicted molar refractivity (Wildman–Crippen MR) is 123 cm³/mol. The second kappa shape index (κ2) is 11.1. The predicted octanol–water partition coefficient (Wildman–Crippen LogP) is 4.26. The number of amides is 2. The summed E-state index contributed by atoms with van der Waals surface area (Å²) in [7, 11) is 1.56. The summed E-state index contributed by atoms with van der Waals surface area (Å²) in [4.78, 5) is 29.5. The molecule has 168 valence electrons. The van der Waals surface area contributed by atoms with E-state index in [1.807, 2.05) is 13.8 Å². The number of halogens is 1. The highest BCUT2D eigenvalue weighted by molar-refractivity contribution is 7.98. The minimum Gasteiger partial charge on any atom is -0.383 e. The zero-order valence-corrected chi connectivity index (χ0v) is 19.5. The van der Waals surface area contributed by atoms with E-state index in [-0.39, 0.29) is 16.8 Å². The first-order valence-electron chi connectivity index (χ1n) is 9.78. The first kappa shape index (κ1) is 23.8. The van der Waals surface area contributed by atoms with Crippen LogP contribution in [0.1, 0.15) is 37.7 Å². The Morgan fingerprint density at radius 1 is 1.19 bits per heavy atom. The van der Waals surface area contributed by atoms with Gasteiger partial charge < -0.3 is 19.9 Å². The number of carbonyl (C=O) groups is 2. The molecule has 0 bridgehead atoms. The lowest BCUT2D eigenvalue weighted by Crippen LogP contribution is -2.27. The van der Waals surface area contributed by atoms with Gasteiger partial charge in [-0.2, -0.15) is 0 Å². The third-order valence-electron chi connectivity index (χ3n) is 4.61. The number of nitrogens with one attached hydrogen (secondary N) is 2. The van der Waals surface area contributed by atoms with Crippen molar-refractivity contribution in [1.29, 1.82) is 0 Å². The van der Waals surface area contributed by atoms with Gasteiger partial charge in [0.15, 0.2) is 0 Å². The molecule has 0 saturated heterocycles. The van der Waals surface area contributed by atoms with Crippen LogP contribution in [0, 0.1) is 13.8 Å². The number of rotatable bonds is 9. The minimum absolute atomic E-state index is 0.233. The molecule has 3 rings (SSSR count). The Hall–Kier alpha value is -2.88. The van der Waals surface area contributed by atoms with Crippen LogP contribution in [0.5, 0.6) is 0 Å². The second-order valence-corrected chi connectivity index (χ2v) is 8.22. The molecule has 0 aliphatic carbocycles. The van der Waals surface area contributed by atoms with Gasteiger partial charge in [-0.25, -0.2) is 4.98 Å². The first-order valence-corrected chi connectivity index (χ1v) is 11.1. The maximum absolute atomic E-state index is 12.9. The maximum atomic E-state index is 12.9. The van der Waals surface area contributed by atoms with Gasteiger partial charge in [0.25, 0.3) is 11.8 Å². The van der Waals surface area contributed by atoms with Crippen LogP contribution in [0.4, 0.5) is 5.69 Å². The standard InChI is InChI=1S/C22H23ClN4O4S/c1-13-18(14(2)31-27-13)12-32-22-17(5-4-8-25-22)21(29)26-15-6-7-16(19(23)11-15)20(28)24-9-10-30-3/h4-8,11H,9-10,12H2,1-3H3,(H,24,28)(H,26,29). The highest BCUT2D eigenvalue weighted by atomic mass is 35.5. The van der Waals surface area contributed by atoms with E-state index in [2.05, 4.69) is 20.8 Å². The van der Waals surface area contributed by atoms with Crippen LogP contribution in [-0.4, -0.2) is 42.2 Å². The number of thioether (sulfide) groups is 1. The Bertz CT molecular complexity index is 1100. The zero-order valence-electron chi connectivity index (χ0n) is 17.9. The van der Waals surface area contributed by atoms with Gasteiger partial charge in [0.05, 0.1) is 28.5 Å². The van der Waals surface area contributed by atoms with Crippen LogP contribution in [0.2, 0.25) is 5.02 Å². The third kappa shape index (κ3) is 5.87. The summed E-state index contributed by atoms with van der Waals surface area (Å²) in [5.41, 5.74) is 3.02. The Morgan fingerprint density at radius 2 is 2.00 bits per heavy atom. The fourth-order valence-corrected chi connectivity index (χ4v) is 4.28. The van der Waals surface area contributed by atoms with E-state index >= 15 is 0 Å². The van der Waals surface area contributed by atoms with Crippen molar-refractivity contribution in [3.05, 3.63) is 69.7 Å². The summed E-state index contributed by atoms with van der Waals surface area (Å²) in [6, 6.07) is 8.14. The van der Waals surface area contributed by atoms with Gasteiger partial charge in [0.2, 0.25) is 0 Å². The average molecular weight is 475 g/mol. The van der Waals surface area contributed by atoms with Crippen molar-refractivity contribution in [2.45, 2.75) is 24.6 Å². The second-order valence-electron chi connectivity index (χ2n) is 6.84. The normalized spacial score (nSPS) is 10.8. The van der Waals surface area contributed by atoms with Crippen molar-refractivity contribution >= 4 is 40.9 Å². The molecule has 0 spiro atoms. The third-order valence-corrected chi connectivity index (χ3v) is 5.96. The fraction of sp³-hybridized carbons (Fsp3) is 0.273. The number of ether oxygens (including phenoxy) is 1. The molecule has 0 unspecified atom stereocenters. The number of hydrogen-bond acceptors (Lipinski definition) is 7. The molecule has 0 atom stereocenters. The number of methoxy groups -OCH3 is 1. The van der Waals surface area contributed by atoms with Crippen LogP contribution in [0.3, 0.4) is 0 Å². The molecule has 10 heteroatoms. The number of nitrogens with zero attached hydrogens (tertiary/aromatic N) is 2. The molecule has 2 N–H and O–H groups in total. The van der Waals surface area contributed by atoms with E-state index in [4.69, 9.17) is 20.9 Å². The fourth-order valence-electron chi connectivity index (χ4n) is 2.86. The van der Waals surface area contributed by atoms with Gasteiger partial charge in [0.1, 0.15) is 10.8 Å². The van der Waals surface area contributed by atoms with Crippen molar-refractivity contribution in [3.8, 4) is 0 Å². The Kier molecular flexibility index (Phi) is 8.26. The summed E-state index contributed by atoms with van der Waals surface area (Å²) in [5, 5.41) is 10.3. The van der Waals surface area contributed by atoms with Crippen molar-refractivity contribution in [1.82, 2.24) is 15.5 Å². The molecular weight excluding hydrogens is 452 g/mol. The van der Waals surface area contributed by atoms with Gasteiger partial charge in [-0.1, -0.05) is 16.8 Å². The summed E-state index contributed by atoms with van der Waals surface area (Å²) in [5.74, 6) is 0.692. The van der Waals surface area contributed by atoms with E-state index in [1.165, 1.54) is 17.8 Å². The van der Waals surface area contributed by atoms with E-state index in [1.54, 1.807) is 37.6 Å². The van der Waals surface area contributed by atoms with Crippen LogP contribution >= 0.6 is 23.4 Å². The molecule has 0 aliphatic heterocycles. The summed E-state index contributed by atoms with van der Waals surface area (Å²) in [6.07, 6.45) is 1.64. The van der Waals surface area contributed by atoms with Crippen molar-refractivity contribution in [3.63, 3.8) is 0 Å². The Labute approximate surface area is 195 Å². The van der Waals surface area contributed by atoms with E-state index < -0.39 is 0 Å². The lowest BCUT2D eigenvalue weighted by atomic mass is 10.2. The van der Waals surface area contributed by atoms with Gasteiger partial charge in [0, 0.05) is 36.9 Å². The largest absolute Gasteiger partial charge is 0.383 e. The maximum Gasteiger partial charge on any atom is 0.258 e. The molecule has 2 amide bonds. The van der Waals surface area contributed by atoms with Gasteiger partial charge in [-0.15, -0.1) is 11.8 Å². The average Bonchev–Trinajstić information content (AvgIpc) is 3.09. The monoisotopic (exact) mass is 474 g/mol. The van der Waals surface area contributed by atoms with Crippen LogP contribution in [0.15, 0.2) is 46.1 Å². The first-order chi connectivity index (χ1) is 15.4. The van der Waals surface area contributed by atoms with Crippen LogP contribution in [0.25, 0.3) is 0 Å². The van der Waals surface area contributed by atoms with E-state index in [0.717, 1.165) is 17.0 Å². The van der Waals surface area contributed by atoms with E-state index in [9.17, 15) is 9.59 Å². The smallest absolute Gasteiger partial charge is 0.258 e. The van der Waals surface area contributed by atoms with Gasteiger partial charge in [-0.05, 0) is 44.2 Å². The molecule has 3 aromatic rings. The topological polar surface area (TPSA) is 106 Å². The molecule has 1 aromatic carbocycles. The van der Waals surface area contributed by atoms with E-state index in [0.29, 0.717) is 40.7 Å². The quantitative estimate of drug-likeness (QED) is 0.352. The molecule has 8 nitrogen and oxygen atoms in total. The number of pyridine rings is 1. The number of anilines is 1.